The SMILES string of the molecule is CCC1CC2(CCC1OC)Cc1ccc(C#N)cc1C2C(=O)N(CC1CCCO1)C(=N)N. The quantitative estimate of drug-likeness (QED) is 0.541. The van der Waals surface area contributed by atoms with E-state index in [4.69, 9.17) is 20.6 Å². The van der Waals surface area contributed by atoms with E-state index in [0.29, 0.717) is 24.6 Å². The Morgan fingerprint density at radius 1 is 1.44 bits per heavy atom. The molecule has 5 unspecified atom stereocenters. The number of methoxy groups -OCH3 is 1. The van der Waals surface area contributed by atoms with Gasteiger partial charge in [0.1, 0.15) is 0 Å². The lowest BCUT2D eigenvalue weighted by atomic mass is 9.61. The van der Waals surface area contributed by atoms with Gasteiger partial charge in [-0.25, -0.2) is 0 Å². The van der Waals surface area contributed by atoms with Gasteiger partial charge in [-0.2, -0.15) is 5.26 Å². The van der Waals surface area contributed by atoms with Gasteiger partial charge >= 0.3 is 0 Å². The number of hydrogen-bond donors (Lipinski definition) is 2. The molecule has 1 aromatic carbocycles. The van der Waals surface area contributed by atoms with E-state index in [0.717, 1.165) is 56.1 Å². The van der Waals surface area contributed by atoms with Crippen LogP contribution in [0.2, 0.25) is 0 Å². The number of carbonyl (C=O) groups is 1. The van der Waals surface area contributed by atoms with Crippen molar-refractivity contribution in [3.05, 3.63) is 34.9 Å². The maximum Gasteiger partial charge on any atom is 0.237 e. The number of rotatable bonds is 5. The van der Waals surface area contributed by atoms with Gasteiger partial charge in [0.05, 0.1) is 36.3 Å². The zero-order valence-corrected chi connectivity index (χ0v) is 19.1. The Bertz CT molecular complexity index is 920. The Labute approximate surface area is 190 Å². The van der Waals surface area contributed by atoms with E-state index in [-0.39, 0.29) is 29.5 Å². The Kier molecular flexibility index (Phi) is 6.55. The number of nitrogens with two attached hydrogens (primary N) is 1. The van der Waals surface area contributed by atoms with Crippen molar-refractivity contribution in [2.45, 2.75) is 70.0 Å². The van der Waals surface area contributed by atoms with Crippen LogP contribution in [0, 0.1) is 28.1 Å². The van der Waals surface area contributed by atoms with Crippen LogP contribution in [0.3, 0.4) is 0 Å². The first-order valence-electron chi connectivity index (χ1n) is 11.7. The average molecular weight is 439 g/mol. The van der Waals surface area contributed by atoms with E-state index in [9.17, 15) is 10.1 Å². The molecule has 1 aromatic rings. The van der Waals surface area contributed by atoms with E-state index >= 15 is 0 Å². The molecule has 0 bridgehead atoms. The Balaban J connectivity index is 1.73. The topological polar surface area (TPSA) is 112 Å². The van der Waals surface area contributed by atoms with Crippen LogP contribution < -0.4 is 5.73 Å². The summed E-state index contributed by atoms with van der Waals surface area (Å²) in [5.41, 5.74) is 8.31. The monoisotopic (exact) mass is 438 g/mol. The van der Waals surface area contributed by atoms with Crippen LogP contribution in [0.5, 0.6) is 0 Å². The molecule has 1 spiro atoms. The molecule has 1 amide bonds. The molecule has 7 heteroatoms. The molecule has 1 saturated heterocycles. The molecule has 172 valence electrons. The third kappa shape index (κ3) is 4.02. The van der Waals surface area contributed by atoms with Crippen molar-refractivity contribution < 1.29 is 14.3 Å². The van der Waals surface area contributed by atoms with Crippen molar-refractivity contribution in [3.8, 4) is 6.07 Å². The van der Waals surface area contributed by atoms with Gasteiger partial charge in [-0.3, -0.25) is 15.1 Å². The number of carbonyl (C=O) groups excluding carboxylic acids is 1. The number of fused-ring (bicyclic) bond motifs is 1. The van der Waals surface area contributed by atoms with Gasteiger partial charge in [-0.05, 0) is 73.1 Å². The minimum absolute atomic E-state index is 0.0854. The summed E-state index contributed by atoms with van der Waals surface area (Å²) < 4.78 is 11.5. The summed E-state index contributed by atoms with van der Waals surface area (Å²) in [5.74, 6) is -0.406. The molecular formula is C25H34N4O3. The predicted molar refractivity (Wildman–Crippen MR) is 121 cm³/mol. The van der Waals surface area contributed by atoms with E-state index in [1.165, 1.54) is 4.90 Å². The number of guanidine groups is 1. The van der Waals surface area contributed by atoms with Gasteiger partial charge in [0.25, 0.3) is 0 Å². The third-order valence-electron chi connectivity index (χ3n) is 7.90. The van der Waals surface area contributed by atoms with Crippen LogP contribution in [-0.2, 0) is 20.7 Å². The fourth-order valence-electron chi connectivity index (χ4n) is 6.32. The van der Waals surface area contributed by atoms with Gasteiger partial charge in [0.2, 0.25) is 5.91 Å². The fourth-order valence-corrected chi connectivity index (χ4v) is 6.32. The lowest BCUT2D eigenvalue weighted by molar-refractivity contribution is -0.135. The van der Waals surface area contributed by atoms with Crippen molar-refractivity contribution in [1.29, 1.82) is 10.7 Å². The van der Waals surface area contributed by atoms with Crippen LogP contribution in [-0.4, -0.2) is 49.2 Å². The third-order valence-corrected chi connectivity index (χ3v) is 7.90. The van der Waals surface area contributed by atoms with E-state index < -0.39 is 5.92 Å². The molecular weight excluding hydrogens is 404 g/mol. The molecule has 1 aliphatic heterocycles. The maximum atomic E-state index is 14.1. The van der Waals surface area contributed by atoms with E-state index in [2.05, 4.69) is 13.0 Å². The molecule has 32 heavy (non-hydrogen) atoms. The highest BCUT2D eigenvalue weighted by atomic mass is 16.5. The summed E-state index contributed by atoms with van der Waals surface area (Å²) in [5, 5.41) is 17.7. The molecule has 0 aromatic heterocycles. The number of amides is 1. The minimum atomic E-state index is -0.414. The van der Waals surface area contributed by atoms with Gasteiger partial charge in [-0.15, -0.1) is 0 Å². The summed E-state index contributed by atoms with van der Waals surface area (Å²) in [6.07, 6.45) is 6.42. The largest absolute Gasteiger partial charge is 0.381 e. The highest BCUT2D eigenvalue weighted by Crippen LogP contribution is 2.58. The van der Waals surface area contributed by atoms with Crippen LogP contribution in [0.4, 0.5) is 0 Å². The Morgan fingerprint density at radius 2 is 2.25 bits per heavy atom. The Morgan fingerprint density at radius 3 is 2.88 bits per heavy atom. The number of benzene rings is 1. The standard InChI is InChI=1S/C25H34N4O3/c1-3-17-12-25(9-8-21(17)31-2)13-18-7-6-16(14-26)11-20(18)22(25)23(30)29(24(27)28)15-19-5-4-10-32-19/h6-7,11,17,19,21-22H,3-5,8-10,12-13,15H2,1-2H3,(H3,27,28). The van der Waals surface area contributed by atoms with Crippen molar-refractivity contribution in [1.82, 2.24) is 4.90 Å². The summed E-state index contributed by atoms with van der Waals surface area (Å²) in [7, 11) is 1.77. The Hall–Kier alpha value is -2.43. The zero-order chi connectivity index (χ0) is 22.9. The average Bonchev–Trinajstić information content (AvgIpc) is 3.41. The van der Waals surface area contributed by atoms with Crippen LogP contribution in [0.25, 0.3) is 0 Å². The second kappa shape index (κ2) is 9.21. The molecule has 4 rings (SSSR count). The molecule has 1 heterocycles. The molecule has 5 atom stereocenters. The lowest BCUT2D eigenvalue weighted by Crippen LogP contribution is -2.51. The van der Waals surface area contributed by atoms with Gasteiger partial charge < -0.3 is 15.2 Å². The first kappa shape index (κ1) is 22.8. The zero-order valence-electron chi connectivity index (χ0n) is 19.1. The van der Waals surface area contributed by atoms with Gasteiger partial charge in [-0.1, -0.05) is 19.4 Å². The van der Waals surface area contributed by atoms with Gasteiger partial charge in [0, 0.05) is 13.7 Å². The summed E-state index contributed by atoms with van der Waals surface area (Å²) in [6.45, 7) is 3.18. The second-order valence-corrected chi connectivity index (χ2v) is 9.65. The van der Waals surface area contributed by atoms with Gasteiger partial charge in [0.15, 0.2) is 5.96 Å². The van der Waals surface area contributed by atoms with Crippen molar-refractivity contribution in [2.24, 2.45) is 17.1 Å². The first-order chi connectivity index (χ1) is 15.4. The van der Waals surface area contributed by atoms with Crippen molar-refractivity contribution in [3.63, 3.8) is 0 Å². The van der Waals surface area contributed by atoms with E-state index in [1.807, 2.05) is 18.2 Å². The number of hydrogen-bond acceptors (Lipinski definition) is 5. The molecule has 3 aliphatic rings. The fraction of sp³-hybridized carbons (Fsp3) is 0.640. The van der Waals surface area contributed by atoms with Crippen LogP contribution in [0.1, 0.15) is 68.1 Å². The predicted octanol–water partition coefficient (Wildman–Crippen LogP) is 3.31. The van der Waals surface area contributed by atoms with E-state index in [1.54, 1.807) is 7.11 Å². The highest BCUT2D eigenvalue weighted by molar-refractivity contribution is 5.99. The van der Waals surface area contributed by atoms with Crippen molar-refractivity contribution >= 4 is 11.9 Å². The number of nitrogens with zero attached hydrogens (tertiary/aromatic N) is 2. The summed E-state index contributed by atoms with van der Waals surface area (Å²) in [4.78, 5) is 15.5. The van der Waals surface area contributed by atoms with Crippen LogP contribution in [0.15, 0.2) is 18.2 Å². The molecule has 7 nitrogen and oxygen atoms in total. The number of nitrogens with one attached hydrogen (secondary N) is 1. The normalized spacial score (nSPS) is 31.3. The maximum absolute atomic E-state index is 14.1. The lowest BCUT2D eigenvalue weighted by Gasteiger charge is -2.46. The summed E-state index contributed by atoms with van der Waals surface area (Å²) >= 11 is 0. The minimum Gasteiger partial charge on any atom is -0.381 e. The summed E-state index contributed by atoms with van der Waals surface area (Å²) in [6, 6.07) is 7.94. The smallest absolute Gasteiger partial charge is 0.237 e. The molecule has 0 radical (unpaired) electrons. The molecule has 2 fully saturated rings. The first-order valence-corrected chi connectivity index (χ1v) is 11.7. The highest BCUT2D eigenvalue weighted by Gasteiger charge is 2.54. The van der Waals surface area contributed by atoms with Crippen molar-refractivity contribution in [2.75, 3.05) is 20.3 Å². The molecule has 3 N–H and O–H groups in total. The number of nitriles is 1. The second-order valence-electron chi connectivity index (χ2n) is 9.65. The molecule has 1 saturated carbocycles. The number of ether oxygens (including phenoxy) is 2. The molecule has 2 aliphatic carbocycles. The van der Waals surface area contributed by atoms with Crippen LogP contribution >= 0.6 is 0 Å².